The van der Waals surface area contributed by atoms with Crippen molar-refractivity contribution in [3.05, 3.63) is 35.1 Å². The Morgan fingerprint density at radius 3 is 2.70 bits per heavy atom. The molecule has 0 spiro atoms. The Bertz CT molecular complexity index is 1360. The minimum atomic E-state index is -3.49. The molecule has 30 heavy (non-hydrogen) atoms. The maximum Gasteiger partial charge on any atom is 0.232 e. The highest BCUT2D eigenvalue weighted by atomic mass is 35.5. The number of nitrogens with zero attached hydrogens (tertiary/aromatic N) is 4. The highest BCUT2D eigenvalue weighted by Gasteiger charge is 2.18. The minimum absolute atomic E-state index is 0.137. The number of hydrogen-bond donors (Lipinski definition) is 1. The predicted molar refractivity (Wildman–Crippen MR) is 115 cm³/mol. The Hall–Kier alpha value is -2.85. The molecule has 0 saturated carbocycles. The number of halogens is 1. The smallest absolute Gasteiger partial charge is 0.232 e. The Kier molecular flexibility index (Phi) is 5.07. The number of aromatic nitrogens is 4. The first-order valence-electron chi connectivity index (χ1n) is 9.17. The second-order valence-electron chi connectivity index (χ2n) is 7.45. The van der Waals surface area contributed by atoms with Gasteiger partial charge in [0.05, 0.1) is 41.3 Å². The molecular formula is C19H20ClN5O4S. The lowest BCUT2D eigenvalue weighted by atomic mass is 10.1. The molecule has 0 atom stereocenters. The number of benzene rings is 1. The van der Waals surface area contributed by atoms with Gasteiger partial charge in [-0.25, -0.2) is 18.1 Å². The number of ether oxygens (including phenoxy) is 1. The van der Waals surface area contributed by atoms with Crippen LogP contribution in [0.5, 0.6) is 5.88 Å². The average Bonchev–Trinajstić information content (AvgIpc) is 3.19. The summed E-state index contributed by atoms with van der Waals surface area (Å²) < 4.78 is 38.1. The van der Waals surface area contributed by atoms with E-state index in [0.717, 1.165) is 22.9 Å². The van der Waals surface area contributed by atoms with Crippen LogP contribution in [0.25, 0.3) is 27.6 Å². The zero-order chi connectivity index (χ0) is 21.6. The predicted octanol–water partition coefficient (Wildman–Crippen LogP) is 3.93. The van der Waals surface area contributed by atoms with E-state index in [1.807, 2.05) is 20.8 Å². The van der Waals surface area contributed by atoms with Crippen molar-refractivity contribution >= 4 is 49.3 Å². The van der Waals surface area contributed by atoms with Crippen LogP contribution in [-0.2, 0) is 10.0 Å². The molecule has 4 rings (SSSR count). The van der Waals surface area contributed by atoms with Crippen LogP contribution < -0.4 is 9.46 Å². The number of nitrogens with one attached hydrogen (secondary N) is 1. The van der Waals surface area contributed by atoms with E-state index < -0.39 is 10.0 Å². The van der Waals surface area contributed by atoms with Gasteiger partial charge in [-0.1, -0.05) is 30.6 Å². The summed E-state index contributed by atoms with van der Waals surface area (Å²) in [5.74, 6) is 0.862. The van der Waals surface area contributed by atoms with Crippen molar-refractivity contribution in [3.8, 4) is 11.6 Å². The minimum Gasteiger partial charge on any atom is -0.476 e. The third-order valence-corrected chi connectivity index (χ3v) is 5.16. The second-order valence-corrected chi connectivity index (χ2v) is 9.61. The first kappa shape index (κ1) is 20.4. The molecule has 0 radical (unpaired) electrons. The topological polar surface area (TPSA) is 112 Å². The molecule has 0 amide bonds. The molecule has 0 aliphatic rings. The molecule has 0 unspecified atom stereocenters. The van der Waals surface area contributed by atoms with Gasteiger partial charge >= 0.3 is 0 Å². The van der Waals surface area contributed by atoms with Gasteiger partial charge < -0.3 is 9.26 Å². The first-order chi connectivity index (χ1) is 14.1. The van der Waals surface area contributed by atoms with Crippen molar-refractivity contribution in [1.29, 1.82) is 0 Å². The molecule has 0 aliphatic heterocycles. The summed E-state index contributed by atoms with van der Waals surface area (Å²) >= 11 is 6.36. The average molecular weight is 450 g/mol. The van der Waals surface area contributed by atoms with E-state index in [4.69, 9.17) is 20.9 Å². The van der Waals surface area contributed by atoms with Crippen molar-refractivity contribution in [2.45, 2.75) is 20.8 Å². The van der Waals surface area contributed by atoms with Gasteiger partial charge in [-0.2, -0.15) is 5.10 Å². The Morgan fingerprint density at radius 1 is 1.27 bits per heavy atom. The molecule has 0 saturated heterocycles. The fraction of sp³-hybridized carbons (Fsp3) is 0.316. The summed E-state index contributed by atoms with van der Waals surface area (Å²) in [5.41, 5.74) is 2.57. The van der Waals surface area contributed by atoms with Crippen molar-refractivity contribution in [3.63, 3.8) is 0 Å². The third kappa shape index (κ3) is 3.92. The van der Waals surface area contributed by atoms with Gasteiger partial charge in [-0.3, -0.25) is 4.72 Å². The Balaban J connectivity index is 1.79. The molecule has 3 aromatic heterocycles. The Morgan fingerprint density at radius 2 is 2.03 bits per heavy atom. The van der Waals surface area contributed by atoms with Crippen LogP contribution in [0, 0.1) is 12.8 Å². The molecule has 4 aromatic rings. The second kappa shape index (κ2) is 7.44. The number of rotatable bonds is 6. The molecular weight excluding hydrogens is 430 g/mol. The Labute approximate surface area is 178 Å². The third-order valence-electron chi connectivity index (χ3n) is 4.33. The molecule has 0 aliphatic carbocycles. The molecule has 0 fully saturated rings. The number of hydrogen-bond acceptors (Lipinski definition) is 7. The number of aryl methyl sites for hydroxylation is 1. The SMILES string of the molecule is Cc1nn(-c2cnc(OCC(C)C)c(Cl)c2)c2cc3onc(NS(C)(=O)=O)c3cc12. The van der Waals surface area contributed by atoms with Crippen LogP contribution >= 0.6 is 11.6 Å². The number of sulfonamides is 1. The maximum atomic E-state index is 11.6. The summed E-state index contributed by atoms with van der Waals surface area (Å²) in [6, 6.07) is 5.28. The van der Waals surface area contributed by atoms with Gasteiger partial charge in [0.15, 0.2) is 11.4 Å². The van der Waals surface area contributed by atoms with E-state index in [1.54, 1.807) is 29.1 Å². The molecule has 3 heterocycles. The first-order valence-corrected chi connectivity index (χ1v) is 11.4. The lowest BCUT2D eigenvalue weighted by Crippen LogP contribution is -2.09. The van der Waals surface area contributed by atoms with E-state index in [0.29, 0.717) is 40.1 Å². The van der Waals surface area contributed by atoms with Gasteiger partial charge in [-0.05, 0) is 25.0 Å². The molecule has 1 aromatic carbocycles. The molecule has 158 valence electrons. The van der Waals surface area contributed by atoms with Gasteiger partial charge in [0.2, 0.25) is 15.9 Å². The lowest BCUT2D eigenvalue weighted by Gasteiger charge is -2.10. The van der Waals surface area contributed by atoms with Crippen LogP contribution in [0.15, 0.2) is 28.9 Å². The maximum absolute atomic E-state index is 11.6. The van der Waals surface area contributed by atoms with Gasteiger partial charge in [0.1, 0.15) is 5.02 Å². The molecule has 11 heteroatoms. The largest absolute Gasteiger partial charge is 0.476 e. The molecule has 9 nitrogen and oxygen atoms in total. The monoisotopic (exact) mass is 449 g/mol. The van der Waals surface area contributed by atoms with Crippen LogP contribution in [0.3, 0.4) is 0 Å². The van der Waals surface area contributed by atoms with Crippen molar-refractivity contribution in [2.24, 2.45) is 5.92 Å². The zero-order valence-corrected chi connectivity index (χ0v) is 18.4. The standard InChI is InChI=1S/C19H20ClN5O4S/c1-10(2)9-28-19-15(20)5-12(8-21-19)25-16-7-17-14(6-13(16)11(3)22-25)18(23-29-17)24-30(4,26)27/h5-8,10H,9H2,1-4H3,(H,23,24). The fourth-order valence-electron chi connectivity index (χ4n) is 3.03. The molecule has 1 N–H and O–H groups in total. The van der Waals surface area contributed by atoms with Crippen molar-refractivity contribution < 1.29 is 17.7 Å². The number of pyridine rings is 1. The lowest BCUT2D eigenvalue weighted by molar-refractivity contribution is 0.261. The van der Waals surface area contributed by atoms with Crippen molar-refractivity contribution in [2.75, 3.05) is 17.6 Å². The van der Waals surface area contributed by atoms with Gasteiger partial charge in [0, 0.05) is 11.5 Å². The number of anilines is 1. The van der Waals surface area contributed by atoms with Crippen LogP contribution in [0.4, 0.5) is 5.82 Å². The summed E-state index contributed by atoms with van der Waals surface area (Å²) in [5, 5.41) is 10.2. The van der Waals surface area contributed by atoms with Crippen LogP contribution in [0.1, 0.15) is 19.5 Å². The number of fused-ring (bicyclic) bond motifs is 2. The van der Waals surface area contributed by atoms with Gasteiger partial charge in [-0.15, -0.1) is 0 Å². The summed E-state index contributed by atoms with van der Waals surface area (Å²) in [6.07, 6.45) is 2.69. The summed E-state index contributed by atoms with van der Waals surface area (Å²) in [4.78, 5) is 4.32. The van der Waals surface area contributed by atoms with Crippen molar-refractivity contribution in [1.82, 2.24) is 19.9 Å². The van der Waals surface area contributed by atoms with E-state index in [2.05, 4.69) is 20.0 Å². The highest BCUT2D eigenvalue weighted by Crippen LogP contribution is 2.32. The van der Waals surface area contributed by atoms with E-state index in [-0.39, 0.29) is 5.82 Å². The zero-order valence-electron chi connectivity index (χ0n) is 16.8. The summed E-state index contributed by atoms with van der Waals surface area (Å²) in [7, 11) is -3.49. The van der Waals surface area contributed by atoms with E-state index >= 15 is 0 Å². The fourth-order valence-corrected chi connectivity index (χ4v) is 3.74. The van der Waals surface area contributed by atoms with Gasteiger partial charge in [0.25, 0.3) is 0 Å². The highest BCUT2D eigenvalue weighted by molar-refractivity contribution is 7.92. The van der Waals surface area contributed by atoms with Crippen LogP contribution in [-0.4, -0.2) is 41.2 Å². The van der Waals surface area contributed by atoms with E-state index in [1.165, 1.54) is 0 Å². The molecule has 0 bridgehead atoms. The summed E-state index contributed by atoms with van der Waals surface area (Å²) in [6.45, 7) is 6.46. The van der Waals surface area contributed by atoms with Crippen LogP contribution in [0.2, 0.25) is 5.02 Å². The quantitative estimate of drug-likeness (QED) is 0.474. The normalized spacial score (nSPS) is 12.2. The van der Waals surface area contributed by atoms with E-state index in [9.17, 15) is 8.42 Å².